The molecule has 3 fully saturated rings. The van der Waals surface area contributed by atoms with E-state index >= 15 is 8.78 Å². The van der Waals surface area contributed by atoms with Gasteiger partial charge in [-0.1, -0.05) is 29.9 Å². The van der Waals surface area contributed by atoms with Gasteiger partial charge in [-0.3, -0.25) is 19.2 Å². The molecule has 4 amide bonds. The maximum atomic E-state index is 15.2. The van der Waals surface area contributed by atoms with E-state index in [4.69, 9.17) is 27.9 Å². The van der Waals surface area contributed by atoms with Crippen LogP contribution in [0.4, 0.5) is 33.3 Å². The topological polar surface area (TPSA) is 162 Å². The highest BCUT2D eigenvalue weighted by atomic mass is 35.5. The molecule has 2 aliphatic carbocycles. The Labute approximate surface area is 310 Å². The summed E-state index contributed by atoms with van der Waals surface area (Å²) in [6, 6.07) is 7.05. The van der Waals surface area contributed by atoms with Crippen LogP contribution in [0.3, 0.4) is 0 Å². The van der Waals surface area contributed by atoms with E-state index in [1.165, 1.54) is 43.5 Å². The number of fused-ring (bicyclic) bond motifs is 4. The van der Waals surface area contributed by atoms with Gasteiger partial charge in [0.1, 0.15) is 17.0 Å². The molecule has 0 spiro atoms. The van der Waals surface area contributed by atoms with Gasteiger partial charge in [0.25, 0.3) is 11.8 Å². The van der Waals surface area contributed by atoms with Crippen LogP contribution in [0, 0.1) is 52.8 Å². The van der Waals surface area contributed by atoms with Crippen LogP contribution in [0.25, 0.3) is 6.08 Å². The summed E-state index contributed by atoms with van der Waals surface area (Å²) >= 11 is 14.1. The number of anilines is 2. The minimum absolute atomic E-state index is 0.0212. The van der Waals surface area contributed by atoms with E-state index in [-0.39, 0.29) is 34.1 Å². The molecular formula is C36H23Cl2F5N2O9. The molecule has 7 rings (SSSR count). The summed E-state index contributed by atoms with van der Waals surface area (Å²) in [5.74, 6) is -25.1. The summed E-state index contributed by atoms with van der Waals surface area (Å²) in [5.41, 5.74) is -2.12. The predicted molar refractivity (Wildman–Crippen MR) is 178 cm³/mol. The molecule has 4 aliphatic rings. The molecule has 18 heteroatoms. The van der Waals surface area contributed by atoms with Crippen molar-refractivity contribution in [3.8, 4) is 17.2 Å². The Hall–Kier alpha value is -5.48. The second kappa shape index (κ2) is 12.6. The number of carboxylic acid groups (broad SMARTS) is 1. The lowest BCUT2D eigenvalue weighted by Gasteiger charge is -2.49. The van der Waals surface area contributed by atoms with E-state index in [0.29, 0.717) is 5.56 Å². The highest BCUT2D eigenvalue weighted by Gasteiger charge is 2.76. The van der Waals surface area contributed by atoms with Gasteiger partial charge in [0.2, 0.25) is 17.6 Å². The Morgan fingerprint density at radius 3 is 2.11 bits per heavy atom. The normalized spacial score (nSPS) is 27.7. The molecule has 2 aliphatic heterocycles. The first kappa shape index (κ1) is 36.9. The number of carbonyl (C=O) groups excluding carboxylic acids is 4. The number of imide groups is 2. The zero-order chi connectivity index (χ0) is 39.3. The lowest BCUT2D eigenvalue weighted by Crippen LogP contribution is -2.60. The van der Waals surface area contributed by atoms with Crippen LogP contribution in [0.5, 0.6) is 17.2 Å². The Balaban J connectivity index is 1.38. The van der Waals surface area contributed by atoms with Gasteiger partial charge < -0.3 is 20.1 Å². The van der Waals surface area contributed by atoms with Crippen molar-refractivity contribution in [3.63, 3.8) is 0 Å². The van der Waals surface area contributed by atoms with E-state index in [1.54, 1.807) is 0 Å². The molecule has 2 heterocycles. The molecule has 0 bridgehead atoms. The molecule has 280 valence electrons. The van der Waals surface area contributed by atoms with Crippen molar-refractivity contribution < 1.29 is 66.0 Å². The van der Waals surface area contributed by atoms with Gasteiger partial charge in [0, 0.05) is 12.0 Å². The second-order valence-corrected chi connectivity index (χ2v) is 14.3. The van der Waals surface area contributed by atoms with Crippen molar-refractivity contribution in [2.75, 3.05) is 16.9 Å². The van der Waals surface area contributed by atoms with Crippen LogP contribution in [0.15, 0.2) is 54.1 Å². The number of ether oxygens (including phenoxy) is 1. The summed E-state index contributed by atoms with van der Waals surface area (Å²) in [6.07, 6.45) is 3.23. The van der Waals surface area contributed by atoms with Crippen molar-refractivity contribution in [3.05, 3.63) is 94.3 Å². The Bertz CT molecular complexity index is 2290. The number of nitrogens with zero attached hydrogens (tertiary/aromatic N) is 2. The number of aromatic carboxylic acids is 1. The van der Waals surface area contributed by atoms with Gasteiger partial charge >= 0.3 is 5.97 Å². The van der Waals surface area contributed by atoms with E-state index in [1.807, 2.05) is 0 Å². The number of alkyl halides is 2. The predicted octanol–water partition coefficient (Wildman–Crippen LogP) is 5.81. The quantitative estimate of drug-likeness (QED) is 0.0699. The minimum atomic E-state index is -2.74. The SMILES string of the molecule is COc1cc(C=C[C@H]2C3=CC[C@@H]4C(=O)N(c5ccc(C(=O)O)c(O)c5)C(=O)[C@@H]4[C@@H]3C[C@@]3(Cl)C(=O)N(c4c(F)c(F)c(F)c(F)c4F)C(=O)[C@@]23Cl)ccc1O. The number of benzene rings is 3. The summed E-state index contributed by atoms with van der Waals surface area (Å²) in [6.45, 7) is 0. The van der Waals surface area contributed by atoms with Gasteiger partial charge in [-0.25, -0.2) is 36.5 Å². The lowest BCUT2D eigenvalue weighted by atomic mass is 9.57. The maximum Gasteiger partial charge on any atom is 0.339 e. The molecule has 1 saturated carbocycles. The van der Waals surface area contributed by atoms with Crippen LogP contribution in [0.1, 0.15) is 28.8 Å². The molecule has 6 atom stereocenters. The number of methoxy groups -OCH3 is 1. The Kier molecular flexibility index (Phi) is 8.57. The van der Waals surface area contributed by atoms with Gasteiger partial charge in [-0.15, -0.1) is 23.2 Å². The van der Waals surface area contributed by atoms with E-state index in [2.05, 4.69) is 0 Å². The number of aromatic hydroxyl groups is 2. The zero-order valence-corrected chi connectivity index (χ0v) is 28.8. The lowest BCUT2D eigenvalue weighted by molar-refractivity contribution is -0.125. The van der Waals surface area contributed by atoms with Crippen LogP contribution >= 0.6 is 23.2 Å². The zero-order valence-electron chi connectivity index (χ0n) is 27.3. The first-order chi connectivity index (χ1) is 25.4. The number of hydrogen-bond donors (Lipinski definition) is 3. The number of amides is 4. The monoisotopic (exact) mass is 792 g/mol. The first-order valence-electron chi connectivity index (χ1n) is 15.9. The van der Waals surface area contributed by atoms with Crippen molar-refractivity contribution in [1.29, 1.82) is 0 Å². The summed E-state index contributed by atoms with van der Waals surface area (Å²) in [7, 11) is 1.27. The fraction of sp³-hybridized carbons (Fsp3) is 0.250. The number of carboxylic acids is 1. The molecule has 3 aromatic carbocycles. The Morgan fingerprint density at radius 1 is 0.852 bits per heavy atom. The second-order valence-electron chi connectivity index (χ2n) is 13.0. The van der Waals surface area contributed by atoms with Crippen molar-refractivity contribution in [2.24, 2.45) is 23.7 Å². The maximum absolute atomic E-state index is 15.2. The molecule has 3 aromatic rings. The van der Waals surface area contributed by atoms with Gasteiger partial charge in [-0.2, -0.15) is 0 Å². The summed E-state index contributed by atoms with van der Waals surface area (Å²) in [5, 5.41) is 29.7. The van der Waals surface area contributed by atoms with Gasteiger partial charge in [0.05, 0.1) is 24.6 Å². The molecular weight excluding hydrogens is 770 g/mol. The number of carbonyl (C=O) groups is 5. The number of hydrogen-bond acceptors (Lipinski definition) is 8. The van der Waals surface area contributed by atoms with E-state index < -0.39 is 116 Å². The number of phenolic OH excluding ortho intramolecular Hbond substituents is 1. The number of halogens is 7. The van der Waals surface area contributed by atoms with Crippen molar-refractivity contribution >= 4 is 70.3 Å². The van der Waals surface area contributed by atoms with Gasteiger partial charge in [0.15, 0.2) is 44.5 Å². The number of rotatable bonds is 6. The third kappa shape index (κ3) is 4.88. The smallest absolute Gasteiger partial charge is 0.339 e. The third-order valence-electron chi connectivity index (χ3n) is 10.4. The Morgan fingerprint density at radius 2 is 1.50 bits per heavy atom. The fourth-order valence-electron chi connectivity index (χ4n) is 7.91. The van der Waals surface area contributed by atoms with Crippen molar-refractivity contribution in [2.45, 2.75) is 22.6 Å². The molecule has 2 saturated heterocycles. The minimum Gasteiger partial charge on any atom is -0.507 e. The average molecular weight is 793 g/mol. The fourth-order valence-corrected chi connectivity index (χ4v) is 8.81. The van der Waals surface area contributed by atoms with E-state index in [0.717, 1.165) is 23.1 Å². The van der Waals surface area contributed by atoms with Gasteiger partial charge in [-0.05, 0) is 48.6 Å². The largest absolute Gasteiger partial charge is 0.507 e. The number of phenols is 2. The van der Waals surface area contributed by atoms with Crippen LogP contribution in [0.2, 0.25) is 0 Å². The van der Waals surface area contributed by atoms with Crippen LogP contribution < -0.4 is 14.5 Å². The van der Waals surface area contributed by atoms with Crippen LogP contribution in [-0.4, -0.2) is 61.8 Å². The van der Waals surface area contributed by atoms with Crippen LogP contribution in [-0.2, 0) is 19.2 Å². The molecule has 11 nitrogen and oxygen atoms in total. The van der Waals surface area contributed by atoms with Crippen molar-refractivity contribution in [1.82, 2.24) is 0 Å². The molecule has 0 unspecified atom stereocenters. The molecule has 54 heavy (non-hydrogen) atoms. The standard InChI is InChI=1S/C36H23Cl2F5N2O9/c1-54-22-10-13(3-9-20(22)46)2-8-19-15-6-7-17-23(31(49)44(30(17)48)14-4-5-16(32(50)51)21(47)11-14)18(15)12-35(37)33(52)45(34(53)36(19,35)38)29-27(42)25(40)24(39)26(41)28(29)43/h2-6,8-11,17-19,23,46-47H,7,12H2,1H3,(H,50,51)/t17-,18+,19-,23-,35+,36-/m0/s1. The molecule has 3 N–H and O–H groups in total. The highest BCUT2D eigenvalue weighted by Crippen LogP contribution is 2.64. The molecule has 0 aromatic heterocycles. The summed E-state index contributed by atoms with van der Waals surface area (Å²) < 4.78 is 78.5. The molecule has 0 radical (unpaired) electrons. The summed E-state index contributed by atoms with van der Waals surface area (Å²) in [4.78, 5) is 63.0. The van der Waals surface area contributed by atoms with E-state index in [9.17, 15) is 52.5 Å². The number of allylic oxidation sites excluding steroid dienone is 3. The third-order valence-corrected chi connectivity index (χ3v) is 11.9. The highest BCUT2D eigenvalue weighted by molar-refractivity contribution is 6.58. The average Bonchev–Trinajstić information content (AvgIpc) is 3.47. The first-order valence-corrected chi connectivity index (χ1v) is 16.6.